The summed E-state index contributed by atoms with van der Waals surface area (Å²) in [7, 11) is 0. The van der Waals surface area contributed by atoms with Gasteiger partial charge in [0.25, 0.3) is 0 Å². The highest BCUT2D eigenvalue weighted by atomic mass is 79.9. The molecule has 3 unspecified atom stereocenters. The first kappa shape index (κ1) is 42.3. The lowest BCUT2D eigenvalue weighted by Gasteiger charge is -2.22. The summed E-state index contributed by atoms with van der Waals surface area (Å²) in [5.74, 6) is 0.276. The first-order valence-electron chi connectivity index (χ1n) is 19.2. The van der Waals surface area contributed by atoms with E-state index in [0.29, 0.717) is 25.7 Å². The van der Waals surface area contributed by atoms with Crippen molar-refractivity contribution in [3.8, 4) is 0 Å². The Labute approximate surface area is 326 Å². The van der Waals surface area contributed by atoms with Crippen LogP contribution in [-0.4, -0.2) is 54.6 Å². The molecule has 2 aliphatic carbocycles. The number of amides is 2. The largest absolute Gasteiger partial charge is 0.389 e. The Hall–Kier alpha value is -2.44. The summed E-state index contributed by atoms with van der Waals surface area (Å²) < 4.78 is 13.2. The molecule has 0 radical (unpaired) electrons. The minimum Gasteiger partial charge on any atom is -0.389 e. The zero-order valence-corrected chi connectivity index (χ0v) is 33.6. The molecule has 0 saturated carbocycles. The molecule has 1 aliphatic heterocycles. The maximum atomic E-state index is 12.2. The van der Waals surface area contributed by atoms with E-state index in [4.69, 9.17) is 14.6 Å². The van der Waals surface area contributed by atoms with Crippen LogP contribution in [0.15, 0.2) is 45.3 Å². The molecule has 286 valence electrons. The van der Waals surface area contributed by atoms with Crippen molar-refractivity contribution < 1.29 is 33.8 Å². The third-order valence-corrected chi connectivity index (χ3v) is 11.0. The van der Waals surface area contributed by atoms with E-state index < -0.39 is 0 Å². The summed E-state index contributed by atoms with van der Waals surface area (Å²) in [5, 5.41) is 14.9. The quantitative estimate of drug-likeness (QED) is 0.114. The van der Waals surface area contributed by atoms with Gasteiger partial charge in [0.1, 0.15) is 13.2 Å². The minimum absolute atomic E-state index is 0.103. The van der Waals surface area contributed by atoms with Crippen molar-refractivity contribution in [2.75, 3.05) is 19.8 Å². The molecule has 11 heteroatoms. The molecular formula is C41H56Br2N2O7. The second kappa shape index (κ2) is 23.4. The first-order valence-corrected chi connectivity index (χ1v) is 20.8. The minimum atomic E-state index is -0.359. The van der Waals surface area contributed by atoms with Crippen LogP contribution in [0.3, 0.4) is 0 Å². The van der Waals surface area contributed by atoms with Gasteiger partial charge < -0.3 is 25.2 Å². The number of hydrogen-bond acceptors (Lipinski definition) is 7. The van der Waals surface area contributed by atoms with E-state index in [9.17, 15) is 19.2 Å². The van der Waals surface area contributed by atoms with Gasteiger partial charge in [-0.25, -0.2) is 0 Å². The number of ketones is 2. The summed E-state index contributed by atoms with van der Waals surface area (Å²) in [6.45, 7) is 0.534. The van der Waals surface area contributed by atoms with Gasteiger partial charge in [0.15, 0.2) is 17.9 Å². The van der Waals surface area contributed by atoms with Gasteiger partial charge in [-0.2, -0.15) is 0 Å². The van der Waals surface area contributed by atoms with Crippen molar-refractivity contribution >= 4 is 55.2 Å². The Balaban J connectivity index is 0.000000239. The Morgan fingerprint density at radius 2 is 1.17 bits per heavy atom. The molecule has 52 heavy (non-hydrogen) atoms. The topological polar surface area (TPSA) is 131 Å². The molecule has 0 aromatic heterocycles. The molecule has 3 N–H and O–H groups in total. The molecule has 1 heterocycles. The van der Waals surface area contributed by atoms with Crippen molar-refractivity contribution in [2.45, 2.75) is 140 Å². The van der Waals surface area contributed by atoms with Gasteiger partial charge in [-0.05, 0) is 117 Å². The summed E-state index contributed by atoms with van der Waals surface area (Å²) in [4.78, 5) is 47.1. The van der Waals surface area contributed by atoms with Crippen molar-refractivity contribution in [1.82, 2.24) is 10.6 Å². The fourth-order valence-electron chi connectivity index (χ4n) is 7.11. The zero-order valence-electron chi connectivity index (χ0n) is 30.4. The Kier molecular flexibility index (Phi) is 19.0. The second-order valence-electron chi connectivity index (χ2n) is 14.2. The molecule has 1 saturated heterocycles. The molecule has 2 amide bonds. The Morgan fingerprint density at radius 1 is 0.673 bits per heavy atom. The van der Waals surface area contributed by atoms with Crippen LogP contribution in [0.2, 0.25) is 0 Å². The summed E-state index contributed by atoms with van der Waals surface area (Å²) >= 11 is 6.99. The maximum Gasteiger partial charge on any atom is 0.220 e. The molecule has 1 fully saturated rings. The fourth-order valence-corrected chi connectivity index (χ4v) is 7.92. The lowest BCUT2D eigenvalue weighted by atomic mass is 10.1. The van der Waals surface area contributed by atoms with Crippen LogP contribution in [0.5, 0.6) is 0 Å². The van der Waals surface area contributed by atoms with Gasteiger partial charge >= 0.3 is 0 Å². The number of unbranched alkanes of at least 4 members (excludes halogenated alkanes) is 6. The molecule has 2 aromatic rings. The SMILES string of the molecule is O=C(CCCCCCC(=O)NC1CCc2cc(Br)ccc21)COC1CCCCO1.O=C(CO)CCCCCCC(=O)NC1CCc2cc(Br)ccc21. The highest BCUT2D eigenvalue weighted by Gasteiger charge is 2.25. The molecule has 2 aromatic carbocycles. The van der Waals surface area contributed by atoms with Gasteiger partial charge in [-0.15, -0.1) is 0 Å². The second-order valence-corrected chi connectivity index (χ2v) is 16.0. The fraction of sp³-hybridized carbons (Fsp3) is 0.610. The standard InChI is InChI=1S/C23H32BrNO4.C18H24BrNO3/c24-18-11-12-20-17(15-18)10-13-21(20)25-22(27)8-4-2-1-3-7-19(26)16-29-23-9-5-6-14-28-23;19-14-8-9-16-13(11-14)7-10-17(16)20-18(23)6-4-2-1-3-5-15(22)12-21/h11-12,15,21,23H,1-10,13-14,16H2,(H,25,27);8-9,11,17,21H,1-7,10,12H2,(H,20,23). The molecule has 9 nitrogen and oxygen atoms in total. The van der Waals surface area contributed by atoms with Crippen molar-refractivity contribution in [1.29, 1.82) is 0 Å². The van der Waals surface area contributed by atoms with Gasteiger partial charge in [-0.1, -0.05) is 69.7 Å². The van der Waals surface area contributed by atoms with Crippen LogP contribution >= 0.6 is 31.9 Å². The number of benzene rings is 2. The van der Waals surface area contributed by atoms with Crippen molar-refractivity contribution in [2.24, 2.45) is 0 Å². The van der Waals surface area contributed by atoms with Crippen LogP contribution in [-0.2, 0) is 41.5 Å². The number of rotatable bonds is 20. The number of halogens is 2. The number of aliphatic hydroxyl groups excluding tert-OH is 1. The number of aliphatic hydroxyl groups is 1. The van der Waals surface area contributed by atoms with Crippen LogP contribution in [0.25, 0.3) is 0 Å². The maximum absolute atomic E-state index is 12.2. The van der Waals surface area contributed by atoms with Crippen LogP contribution in [0, 0.1) is 0 Å². The molecule has 3 aliphatic rings. The molecule has 3 atom stereocenters. The summed E-state index contributed by atoms with van der Waals surface area (Å²) in [6, 6.07) is 12.8. The number of hydrogen-bond donors (Lipinski definition) is 3. The monoisotopic (exact) mass is 846 g/mol. The van der Waals surface area contributed by atoms with E-state index >= 15 is 0 Å². The predicted molar refractivity (Wildman–Crippen MR) is 209 cm³/mol. The van der Waals surface area contributed by atoms with E-state index in [0.717, 1.165) is 112 Å². The van der Waals surface area contributed by atoms with Crippen LogP contribution in [0.1, 0.15) is 143 Å². The number of aryl methyl sites for hydroxylation is 2. The van der Waals surface area contributed by atoms with Crippen molar-refractivity contribution in [3.63, 3.8) is 0 Å². The molecule has 0 bridgehead atoms. The molecule has 0 spiro atoms. The summed E-state index contributed by atoms with van der Waals surface area (Å²) in [6.07, 6.45) is 16.1. The summed E-state index contributed by atoms with van der Waals surface area (Å²) in [5.41, 5.74) is 5.14. The van der Waals surface area contributed by atoms with E-state index in [1.807, 2.05) is 12.1 Å². The number of nitrogens with one attached hydrogen (secondary N) is 2. The molecule has 5 rings (SSSR count). The highest BCUT2D eigenvalue weighted by Crippen LogP contribution is 2.34. The normalized spacial score (nSPS) is 18.9. The smallest absolute Gasteiger partial charge is 0.220 e. The molecular weight excluding hydrogens is 792 g/mol. The van der Waals surface area contributed by atoms with Gasteiger partial charge in [0.2, 0.25) is 11.8 Å². The Morgan fingerprint density at radius 3 is 1.65 bits per heavy atom. The first-order chi connectivity index (χ1) is 25.2. The van der Waals surface area contributed by atoms with E-state index in [1.54, 1.807) is 0 Å². The third-order valence-electron chi connectivity index (χ3n) is 10.00. The predicted octanol–water partition coefficient (Wildman–Crippen LogP) is 8.46. The zero-order chi connectivity index (χ0) is 37.1. The van der Waals surface area contributed by atoms with E-state index in [2.05, 4.69) is 66.8 Å². The van der Waals surface area contributed by atoms with Gasteiger partial charge in [-0.3, -0.25) is 19.2 Å². The number of ether oxygens (including phenoxy) is 2. The van der Waals surface area contributed by atoms with E-state index in [-0.39, 0.29) is 55.0 Å². The number of fused-ring (bicyclic) bond motifs is 2. The number of carbonyl (C=O) groups is 4. The average molecular weight is 849 g/mol. The number of carbonyl (C=O) groups excluding carboxylic acids is 4. The van der Waals surface area contributed by atoms with Crippen LogP contribution in [0.4, 0.5) is 0 Å². The van der Waals surface area contributed by atoms with Gasteiger partial charge in [0.05, 0.1) is 12.1 Å². The van der Waals surface area contributed by atoms with E-state index in [1.165, 1.54) is 22.3 Å². The number of Topliss-reactive ketones (excluding diaryl/α,β-unsaturated/α-hetero) is 2. The average Bonchev–Trinajstić information content (AvgIpc) is 3.73. The van der Waals surface area contributed by atoms with Crippen molar-refractivity contribution in [3.05, 3.63) is 67.6 Å². The Bertz CT molecular complexity index is 1460. The third kappa shape index (κ3) is 15.1. The van der Waals surface area contributed by atoms with Crippen LogP contribution < -0.4 is 10.6 Å². The van der Waals surface area contributed by atoms with Gasteiger partial charge in [0, 0.05) is 41.2 Å². The highest BCUT2D eigenvalue weighted by molar-refractivity contribution is 9.10. The lowest BCUT2D eigenvalue weighted by Crippen LogP contribution is -2.26. The lowest BCUT2D eigenvalue weighted by molar-refractivity contribution is -0.169.